The summed E-state index contributed by atoms with van der Waals surface area (Å²) in [4.78, 5) is 0. The molecular formula is C16H16BrFO3. The van der Waals surface area contributed by atoms with E-state index < -0.39 is 11.9 Å². The number of hydrogen-bond donors (Lipinski definition) is 1. The van der Waals surface area contributed by atoms with Crippen LogP contribution in [0.5, 0.6) is 11.5 Å². The van der Waals surface area contributed by atoms with E-state index in [9.17, 15) is 9.50 Å². The second-order valence-corrected chi connectivity index (χ2v) is 5.49. The van der Waals surface area contributed by atoms with Crippen molar-refractivity contribution < 1.29 is 19.0 Å². The van der Waals surface area contributed by atoms with Gasteiger partial charge in [0.2, 0.25) is 0 Å². The maximum atomic E-state index is 14.1. The molecule has 1 atom stereocenters. The second kappa shape index (κ2) is 6.91. The normalized spacial score (nSPS) is 12.0. The van der Waals surface area contributed by atoms with E-state index in [0.717, 1.165) is 10.0 Å². The number of benzene rings is 2. The van der Waals surface area contributed by atoms with Crippen LogP contribution in [0.2, 0.25) is 0 Å². The zero-order chi connectivity index (χ0) is 15.4. The first-order valence-electron chi connectivity index (χ1n) is 6.39. The average molecular weight is 355 g/mol. The topological polar surface area (TPSA) is 38.7 Å². The summed E-state index contributed by atoms with van der Waals surface area (Å²) in [6.07, 6.45) is -0.648. The molecule has 0 radical (unpaired) electrons. The molecule has 21 heavy (non-hydrogen) atoms. The summed E-state index contributed by atoms with van der Waals surface area (Å²) in [5.74, 6) is 0.172. The van der Waals surface area contributed by atoms with E-state index >= 15 is 0 Å². The van der Waals surface area contributed by atoms with Crippen LogP contribution < -0.4 is 9.47 Å². The highest BCUT2D eigenvalue weighted by Crippen LogP contribution is 2.33. The molecular weight excluding hydrogens is 339 g/mol. The number of methoxy groups -OCH3 is 2. The van der Waals surface area contributed by atoms with Crippen molar-refractivity contribution in [3.05, 3.63) is 57.8 Å². The molecule has 0 aliphatic carbocycles. The Morgan fingerprint density at radius 2 is 1.81 bits per heavy atom. The Labute approximate surface area is 131 Å². The quantitative estimate of drug-likeness (QED) is 0.885. The Bertz CT molecular complexity index is 631. The molecule has 0 spiro atoms. The van der Waals surface area contributed by atoms with Crippen LogP contribution in [-0.4, -0.2) is 19.3 Å². The molecule has 2 rings (SSSR count). The third-order valence-electron chi connectivity index (χ3n) is 3.18. The van der Waals surface area contributed by atoms with Crippen LogP contribution in [0.15, 0.2) is 40.9 Å². The lowest BCUT2D eigenvalue weighted by atomic mass is 10.0. The fourth-order valence-electron chi connectivity index (χ4n) is 2.12. The monoisotopic (exact) mass is 354 g/mol. The first-order chi connectivity index (χ1) is 10.0. The first-order valence-corrected chi connectivity index (χ1v) is 7.18. The maximum absolute atomic E-state index is 14.1. The summed E-state index contributed by atoms with van der Waals surface area (Å²) < 4.78 is 25.2. The van der Waals surface area contributed by atoms with Crippen molar-refractivity contribution in [1.29, 1.82) is 0 Å². The molecule has 0 aliphatic rings. The summed E-state index contributed by atoms with van der Waals surface area (Å²) in [5.41, 5.74) is 1.10. The standard InChI is InChI=1S/C16H16BrFO3/c1-20-15-8-12(13(18)9-16(15)21-2)14(19)7-10-4-3-5-11(17)6-10/h3-6,8-9,14,19H,7H2,1-2H3. The lowest BCUT2D eigenvalue weighted by Crippen LogP contribution is -2.06. The van der Waals surface area contributed by atoms with Crippen LogP contribution in [0.3, 0.4) is 0 Å². The van der Waals surface area contributed by atoms with Crippen LogP contribution in [0, 0.1) is 5.82 Å². The Kier molecular flexibility index (Phi) is 5.20. The molecule has 5 heteroatoms. The van der Waals surface area contributed by atoms with Gasteiger partial charge in [0.25, 0.3) is 0 Å². The first kappa shape index (κ1) is 15.8. The molecule has 2 aromatic carbocycles. The molecule has 3 nitrogen and oxygen atoms in total. The Morgan fingerprint density at radius 3 is 2.43 bits per heavy atom. The fourth-order valence-corrected chi connectivity index (χ4v) is 2.57. The summed E-state index contributed by atoms with van der Waals surface area (Å²) in [7, 11) is 2.91. The van der Waals surface area contributed by atoms with Crippen molar-refractivity contribution in [3.63, 3.8) is 0 Å². The average Bonchev–Trinajstić information content (AvgIpc) is 2.46. The minimum absolute atomic E-state index is 0.188. The SMILES string of the molecule is COc1cc(F)c(C(O)Cc2cccc(Br)c2)cc1OC. The van der Waals surface area contributed by atoms with Crippen molar-refractivity contribution in [2.45, 2.75) is 12.5 Å². The van der Waals surface area contributed by atoms with E-state index in [1.807, 2.05) is 24.3 Å². The van der Waals surface area contributed by atoms with Crippen molar-refractivity contribution in [2.24, 2.45) is 0 Å². The zero-order valence-electron chi connectivity index (χ0n) is 11.8. The van der Waals surface area contributed by atoms with E-state index in [1.165, 1.54) is 26.4 Å². The minimum atomic E-state index is -0.959. The van der Waals surface area contributed by atoms with Crippen molar-refractivity contribution in [1.82, 2.24) is 0 Å². The minimum Gasteiger partial charge on any atom is -0.493 e. The molecule has 1 unspecified atom stereocenters. The molecule has 0 amide bonds. The van der Waals surface area contributed by atoms with E-state index in [1.54, 1.807) is 0 Å². The van der Waals surface area contributed by atoms with Crippen LogP contribution in [0.1, 0.15) is 17.2 Å². The van der Waals surface area contributed by atoms with Gasteiger partial charge >= 0.3 is 0 Å². The van der Waals surface area contributed by atoms with Gasteiger partial charge in [0.1, 0.15) is 5.82 Å². The van der Waals surface area contributed by atoms with Gasteiger partial charge in [-0.3, -0.25) is 0 Å². The van der Waals surface area contributed by atoms with E-state index in [4.69, 9.17) is 9.47 Å². The van der Waals surface area contributed by atoms with Crippen LogP contribution in [-0.2, 0) is 6.42 Å². The number of rotatable bonds is 5. The third kappa shape index (κ3) is 3.74. The summed E-state index contributed by atoms with van der Waals surface area (Å²) in [6.45, 7) is 0. The molecule has 1 N–H and O–H groups in total. The molecule has 0 aliphatic heterocycles. The highest BCUT2D eigenvalue weighted by atomic mass is 79.9. The number of aliphatic hydroxyl groups excluding tert-OH is 1. The largest absolute Gasteiger partial charge is 0.493 e. The van der Waals surface area contributed by atoms with Crippen LogP contribution in [0.25, 0.3) is 0 Å². The molecule has 112 valence electrons. The van der Waals surface area contributed by atoms with Gasteiger partial charge < -0.3 is 14.6 Å². The third-order valence-corrected chi connectivity index (χ3v) is 3.67. The smallest absolute Gasteiger partial charge is 0.163 e. The number of aliphatic hydroxyl groups is 1. The van der Waals surface area contributed by atoms with Crippen molar-refractivity contribution in [3.8, 4) is 11.5 Å². The lowest BCUT2D eigenvalue weighted by Gasteiger charge is -2.15. The van der Waals surface area contributed by atoms with E-state index in [2.05, 4.69) is 15.9 Å². The highest BCUT2D eigenvalue weighted by molar-refractivity contribution is 9.10. The zero-order valence-corrected chi connectivity index (χ0v) is 13.4. The summed E-state index contributed by atoms with van der Waals surface area (Å²) in [6, 6.07) is 10.2. The maximum Gasteiger partial charge on any atom is 0.163 e. The Hall–Kier alpha value is -1.59. The molecule has 0 aromatic heterocycles. The Balaban J connectivity index is 2.28. The molecule has 0 saturated carbocycles. The highest BCUT2D eigenvalue weighted by Gasteiger charge is 2.18. The molecule has 0 bridgehead atoms. The molecule has 0 heterocycles. The van der Waals surface area contributed by atoms with Gasteiger partial charge in [-0.25, -0.2) is 4.39 Å². The molecule has 2 aromatic rings. The molecule has 0 fully saturated rings. The van der Waals surface area contributed by atoms with Gasteiger partial charge in [0, 0.05) is 22.5 Å². The van der Waals surface area contributed by atoms with Gasteiger partial charge in [0.05, 0.1) is 20.3 Å². The van der Waals surface area contributed by atoms with E-state index in [0.29, 0.717) is 17.9 Å². The van der Waals surface area contributed by atoms with E-state index in [-0.39, 0.29) is 5.56 Å². The second-order valence-electron chi connectivity index (χ2n) is 4.58. The fraction of sp³-hybridized carbons (Fsp3) is 0.250. The van der Waals surface area contributed by atoms with Crippen LogP contribution >= 0.6 is 15.9 Å². The van der Waals surface area contributed by atoms with Crippen molar-refractivity contribution >= 4 is 15.9 Å². The Morgan fingerprint density at radius 1 is 1.14 bits per heavy atom. The number of hydrogen-bond acceptors (Lipinski definition) is 3. The summed E-state index contributed by atoms with van der Waals surface area (Å²) in [5, 5.41) is 10.3. The van der Waals surface area contributed by atoms with Gasteiger partial charge in [-0.2, -0.15) is 0 Å². The van der Waals surface area contributed by atoms with Gasteiger partial charge in [-0.05, 0) is 23.8 Å². The van der Waals surface area contributed by atoms with Gasteiger partial charge in [0.15, 0.2) is 11.5 Å². The lowest BCUT2D eigenvalue weighted by molar-refractivity contribution is 0.173. The van der Waals surface area contributed by atoms with Gasteiger partial charge in [-0.15, -0.1) is 0 Å². The summed E-state index contributed by atoms with van der Waals surface area (Å²) >= 11 is 3.37. The molecule has 0 saturated heterocycles. The predicted octanol–water partition coefficient (Wildman–Crippen LogP) is 3.88. The van der Waals surface area contributed by atoms with Crippen molar-refractivity contribution in [2.75, 3.05) is 14.2 Å². The van der Waals surface area contributed by atoms with Crippen LogP contribution in [0.4, 0.5) is 4.39 Å². The number of halogens is 2. The van der Waals surface area contributed by atoms with Gasteiger partial charge in [-0.1, -0.05) is 28.1 Å². The predicted molar refractivity (Wildman–Crippen MR) is 82.3 cm³/mol. The number of ether oxygens (including phenoxy) is 2.